The third kappa shape index (κ3) is 5.75. The lowest BCUT2D eigenvalue weighted by atomic mass is 9.76. The highest BCUT2D eigenvalue weighted by Crippen LogP contribution is 2.40. The van der Waals surface area contributed by atoms with Gasteiger partial charge in [0.25, 0.3) is 5.54 Å². The highest BCUT2D eigenvalue weighted by atomic mass is 35.5. The summed E-state index contributed by atoms with van der Waals surface area (Å²) < 4.78 is 16.2. The molecule has 0 spiro atoms. The fourth-order valence-electron chi connectivity index (χ4n) is 3.63. The SMILES string of the molecule is Cc1ccccc1OCC(=O)OC(C)C1([N+](=O)[O-])C=CC(Oc2c(Cl)cc(Cl)cc2Cl)=CC1C(=O)[O-]. The first-order valence-electron chi connectivity index (χ1n) is 10.4. The van der Waals surface area contributed by atoms with E-state index in [0.717, 1.165) is 23.8 Å². The molecule has 36 heavy (non-hydrogen) atoms. The topological polar surface area (TPSA) is 128 Å². The first-order valence-corrected chi connectivity index (χ1v) is 11.6. The molecule has 0 saturated heterocycles. The van der Waals surface area contributed by atoms with Gasteiger partial charge in [0.05, 0.1) is 21.9 Å². The van der Waals surface area contributed by atoms with Crippen molar-refractivity contribution in [1.82, 2.24) is 0 Å². The fourth-order valence-corrected chi connectivity index (χ4v) is 4.53. The van der Waals surface area contributed by atoms with Crippen LogP contribution in [0.4, 0.5) is 0 Å². The monoisotopic (exact) mass is 554 g/mol. The van der Waals surface area contributed by atoms with Crippen molar-refractivity contribution in [1.29, 1.82) is 0 Å². The number of nitrogens with zero attached hydrogens (tertiary/aromatic N) is 1. The van der Waals surface area contributed by atoms with Gasteiger partial charge < -0.3 is 24.1 Å². The Labute approximate surface area is 221 Å². The van der Waals surface area contributed by atoms with Gasteiger partial charge in [-0.25, -0.2) is 4.79 Å². The number of carbonyl (C=O) groups is 2. The minimum Gasteiger partial charge on any atom is -0.549 e. The van der Waals surface area contributed by atoms with E-state index >= 15 is 0 Å². The van der Waals surface area contributed by atoms with Crippen LogP contribution < -0.4 is 14.6 Å². The van der Waals surface area contributed by atoms with Gasteiger partial charge in [-0.3, -0.25) is 10.1 Å². The molecule has 0 radical (unpaired) electrons. The number of nitro groups is 1. The summed E-state index contributed by atoms with van der Waals surface area (Å²) in [6.07, 6.45) is 1.58. The standard InChI is InChI=1S/C24H20Cl3NO8/c1-13-5-3-4-6-20(13)34-12-21(29)35-14(2)24(28(32)33)8-7-16(11-17(24)23(30)31)36-22-18(26)9-15(25)10-19(22)27/h3-11,14,17H,12H2,1-2H3,(H,30,31)/p-1. The van der Waals surface area contributed by atoms with Crippen molar-refractivity contribution < 1.29 is 33.8 Å². The summed E-state index contributed by atoms with van der Waals surface area (Å²) in [5, 5.41) is 24.5. The van der Waals surface area contributed by atoms with Crippen LogP contribution in [0.2, 0.25) is 15.1 Å². The maximum atomic E-state index is 12.4. The van der Waals surface area contributed by atoms with Crippen molar-refractivity contribution in [2.24, 2.45) is 5.92 Å². The van der Waals surface area contributed by atoms with E-state index in [2.05, 4.69) is 0 Å². The Morgan fingerprint density at radius 2 is 1.81 bits per heavy atom. The minimum absolute atomic E-state index is 0.0304. The number of allylic oxidation sites excluding steroid dienone is 1. The molecule has 0 N–H and O–H groups in total. The van der Waals surface area contributed by atoms with E-state index in [0.29, 0.717) is 5.75 Å². The van der Waals surface area contributed by atoms with Crippen molar-refractivity contribution >= 4 is 46.7 Å². The normalized spacial score (nSPS) is 19.7. The number of hydrogen-bond acceptors (Lipinski definition) is 8. The largest absolute Gasteiger partial charge is 0.549 e. The lowest BCUT2D eigenvalue weighted by Gasteiger charge is -2.35. The highest BCUT2D eigenvalue weighted by Gasteiger charge is 2.56. The number of hydrogen-bond donors (Lipinski definition) is 0. The molecule has 3 atom stereocenters. The number of carboxylic acids is 1. The third-order valence-electron chi connectivity index (χ3n) is 5.50. The zero-order chi connectivity index (χ0) is 26.6. The number of halogens is 3. The highest BCUT2D eigenvalue weighted by molar-refractivity contribution is 6.40. The Kier molecular flexibility index (Phi) is 8.50. The maximum Gasteiger partial charge on any atom is 0.344 e. The second-order valence-electron chi connectivity index (χ2n) is 7.83. The van der Waals surface area contributed by atoms with Crippen LogP contribution in [0.3, 0.4) is 0 Å². The quantitative estimate of drug-likeness (QED) is 0.256. The van der Waals surface area contributed by atoms with Gasteiger partial charge in [-0.15, -0.1) is 0 Å². The van der Waals surface area contributed by atoms with Crippen LogP contribution in [0.15, 0.2) is 60.4 Å². The molecule has 0 aromatic heterocycles. The van der Waals surface area contributed by atoms with Gasteiger partial charge in [0, 0.05) is 16.0 Å². The first kappa shape index (κ1) is 27.3. The van der Waals surface area contributed by atoms with Crippen LogP contribution in [0.25, 0.3) is 0 Å². The summed E-state index contributed by atoms with van der Waals surface area (Å²) in [4.78, 5) is 35.7. The Morgan fingerprint density at radius 3 is 2.39 bits per heavy atom. The van der Waals surface area contributed by atoms with Gasteiger partial charge in [0.15, 0.2) is 18.5 Å². The summed E-state index contributed by atoms with van der Waals surface area (Å²) in [5.41, 5.74) is -1.62. The van der Waals surface area contributed by atoms with Crippen LogP contribution in [0, 0.1) is 23.0 Å². The maximum absolute atomic E-state index is 12.4. The second-order valence-corrected chi connectivity index (χ2v) is 9.08. The molecule has 2 aromatic carbocycles. The number of esters is 1. The van der Waals surface area contributed by atoms with Gasteiger partial charge >= 0.3 is 5.97 Å². The summed E-state index contributed by atoms with van der Waals surface area (Å²) >= 11 is 18.1. The molecule has 1 aliphatic rings. The molecule has 0 amide bonds. The van der Waals surface area contributed by atoms with E-state index in [1.54, 1.807) is 31.2 Å². The van der Waals surface area contributed by atoms with Crippen LogP contribution in [-0.4, -0.2) is 35.1 Å². The summed E-state index contributed by atoms with van der Waals surface area (Å²) in [7, 11) is 0. The number of carboxylic acid groups (broad SMARTS) is 1. The lowest BCUT2D eigenvalue weighted by molar-refractivity contribution is -0.574. The van der Waals surface area contributed by atoms with E-state index in [4.69, 9.17) is 49.0 Å². The molecule has 3 rings (SSSR count). The Hall–Kier alpha value is -3.27. The molecule has 1 aliphatic carbocycles. The predicted octanol–water partition coefficient (Wildman–Crippen LogP) is 4.18. The molecule has 0 bridgehead atoms. The van der Waals surface area contributed by atoms with Gasteiger partial charge in [0.2, 0.25) is 0 Å². The Balaban J connectivity index is 1.83. The minimum atomic E-state index is -2.39. The van der Waals surface area contributed by atoms with Crippen molar-refractivity contribution in [3.05, 3.63) is 91.1 Å². The molecule has 0 aliphatic heterocycles. The molecule has 0 heterocycles. The summed E-state index contributed by atoms with van der Waals surface area (Å²) in [5.74, 6) is -4.29. The molecule has 2 aromatic rings. The summed E-state index contributed by atoms with van der Waals surface area (Å²) in [6.45, 7) is 2.44. The molecule has 9 nitrogen and oxygen atoms in total. The number of ether oxygens (including phenoxy) is 3. The van der Waals surface area contributed by atoms with Crippen LogP contribution in [0.5, 0.6) is 11.5 Å². The third-order valence-corrected chi connectivity index (χ3v) is 6.28. The number of para-hydroxylation sites is 1. The van der Waals surface area contributed by atoms with Gasteiger partial charge in [-0.2, -0.15) is 0 Å². The number of carbonyl (C=O) groups excluding carboxylic acids is 2. The lowest BCUT2D eigenvalue weighted by Crippen LogP contribution is -2.59. The summed E-state index contributed by atoms with van der Waals surface area (Å²) in [6, 6.07) is 9.64. The molecule has 3 unspecified atom stereocenters. The van der Waals surface area contributed by atoms with E-state index in [-0.39, 0.29) is 26.6 Å². The smallest absolute Gasteiger partial charge is 0.344 e. The first-order chi connectivity index (χ1) is 17.0. The number of benzene rings is 2. The zero-order valence-electron chi connectivity index (χ0n) is 18.9. The van der Waals surface area contributed by atoms with Crippen LogP contribution in [0.1, 0.15) is 12.5 Å². The second kappa shape index (κ2) is 11.2. The van der Waals surface area contributed by atoms with E-state index < -0.39 is 41.0 Å². The van der Waals surface area contributed by atoms with Gasteiger partial charge in [0.1, 0.15) is 11.5 Å². The van der Waals surface area contributed by atoms with Crippen LogP contribution in [-0.2, 0) is 14.3 Å². The van der Waals surface area contributed by atoms with Crippen molar-refractivity contribution in [2.45, 2.75) is 25.5 Å². The van der Waals surface area contributed by atoms with Gasteiger partial charge in [-0.1, -0.05) is 53.0 Å². The molecule has 0 saturated carbocycles. The average Bonchev–Trinajstić information content (AvgIpc) is 2.80. The predicted molar refractivity (Wildman–Crippen MR) is 130 cm³/mol. The van der Waals surface area contributed by atoms with E-state index in [9.17, 15) is 24.8 Å². The average molecular weight is 556 g/mol. The Morgan fingerprint density at radius 1 is 1.17 bits per heavy atom. The van der Waals surface area contributed by atoms with Crippen molar-refractivity contribution in [3.63, 3.8) is 0 Å². The molecule has 190 valence electrons. The van der Waals surface area contributed by atoms with Crippen molar-refractivity contribution in [3.8, 4) is 11.5 Å². The molecular weight excluding hydrogens is 537 g/mol. The van der Waals surface area contributed by atoms with E-state index in [1.165, 1.54) is 19.1 Å². The molecule has 12 heteroatoms. The Bertz CT molecular complexity index is 1240. The van der Waals surface area contributed by atoms with Crippen LogP contribution >= 0.6 is 34.8 Å². The number of aryl methyl sites for hydroxylation is 1. The zero-order valence-corrected chi connectivity index (χ0v) is 21.2. The van der Waals surface area contributed by atoms with E-state index in [1.807, 2.05) is 0 Å². The van der Waals surface area contributed by atoms with Gasteiger partial charge in [-0.05, 0) is 49.8 Å². The molecular formula is C24H19Cl3NO8-. The number of aliphatic carboxylic acids is 1. The fraction of sp³-hybridized carbons (Fsp3) is 0.250. The molecule has 0 fully saturated rings. The number of rotatable bonds is 9. The van der Waals surface area contributed by atoms with Crippen molar-refractivity contribution in [2.75, 3.05) is 6.61 Å².